The fourth-order valence-corrected chi connectivity index (χ4v) is 3.12. The Morgan fingerprint density at radius 3 is 2.75 bits per heavy atom. The largest absolute Gasteiger partial charge is 0.497 e. The summed E-state index contributed by atoms with van der Waals surface area (Å²) in [6, 6.07) is 9.08. The maximum Gasteiger partial charge on any atom is 0.118 e. The Hall–Kier alpha value is -1.06. The highest BCUT2D eigenvalue weighted by molar-refractivity contribution is 5.27. The third-order valence-electron chi connectivity index (χ3n) is 4.34. The van der Waals surface area contributed by atoms with Crippen LogP contribution in [0, 0.1) is 5.92 Å². The van der Waals surface area contributed by atoms with E-state index in [-0.39, 0.29) is 0 Å². The average molecular weight is 276 g/mol. The van der Waals surface area contributed by atoms with Crippen LogP contribution in [0.2, 0.25) is 0 Å². The van der Waals surface area contributed by atoms with Crippen molar-refractivity contribution in [2.75, 3.05) is 26.7 Å². The van der Waals surface area contributed by atoms with Crippen LogP contribution >= 0.6 is 0 Å². The number of piperidine rings is 1. The molecule has 2 rings (SSSR count). The van der Waals surface area contributed by atoms with Gasteiger partial charge in [0.25, 0.3) is 0 Å². The van der Waals surface area contributed by atoms with E-state index in [1.165, 1.54) is 31.5 Å². The van der Waals surface area contributed by atoms with Crippen molar-refractivity contribution in [3.05, 3.63) is 29.8 Å². The molecule has 3 nitrogen and oxygen atoms in total. The fourth-order valence-electron chi connectivity index (χ4n) is 3.12. The second-order valence-electron chi connectivity index (χ2n) is 5.83. The van der Waals surface area contributed by atoms with Gasteiger partial charge in [-0.05, 0) is 56.5 Å². The molecule has 20 heavy (non-hydrogen) atoms. The van der Waals surface area contributed by atoms with E-state index in [1.807, 2.05) is 0 Å². The molecule has 0 bridgehead atoms. The molecule has 1 N–H and O–H groups in total. The summed E-state index contributed by atoms with van der Waals surface area (Å²) in [5.74, 6) is 1.72. The second-order valence-corrected chi connectivity index (χ2v) is 5.83. The molecule has 3 heteroatoms. The minimum atomic E-state index is 0.624. The van der Waals surface area contributed by atoms with Crippen molar-refractivity contribution in [2.45, 2.75) is 39.3 Å². The van der Waals surface area contributed by atoms with Crippen molar-refractivity contribution in [1.29, 1.82) is 0 Å². The number of hydrogen-bond donors (Lipinski definition) is 1. The topological polar surface area (TPSA) is 24.5 Å². The van der Waals surface area contributed by atoms with E-state index in [2.05, 4.69) is 48.3 Å². The van der Waals surface area contributed by atoms with Crippen molar-refractivity contribution in [2.24, 2.45) is 5.92 Å². The molecule has 112 valence electrons. The van der Waals surface area contributed by atoms with Gasteiger partial charge in [0, 0.05) is 19.1 Å². The maximum absolute atomic E-state index is 5.21. The van der Waals surface area contributed by atoms with E-state index < -0.39 is 0 Å². The lowest BCUT2D eigenvalue weighted by molar-refractivity contribution is 0.145. The van der Waals surface area contributed by atoms with E-state index in [9.17, 15) is 0 Å². The monoisotopic (exact) mass is 276 g/mol. The first-order chi connectivity index (χ1) is 9.72. The van der Waals surface area contributed by atoms with Crippen molar-refractivity contribution < 1.29 is 4.74 Å². The van der Waals surface area contributed by atoms with Crippen LogP contribution in [0.5, 0.6) is 5.75 Å². The zero-order chi connectivity index (χ0) is 14.4. The number of ether oxygens (including phenoxy) is 1. The average Bonchev–Trinajstić information content (AvgIpc) is 2.48. The van der Waals surface area contributed by atoms with Gasteiger partial charge in [-0.2, -0.15) is 0 Å². The Morgan fingerprint density at radius 2 is 2.10 bits per heavy atom. The van der Waals surface area contributed by atoms with Crippen LogP contribution in [0.25, 0.3) is 0 Å². The van der Waals surface area contributed by atoms with Crippen molar-refractivity contribution in [3.8, 4) is 5.75 Å². The molecular weight excluding hydrogens is 248 g/mol. The minimum Gasteiger partial charge on any atom is -0.497 e. The van der Waals surface area contributed by atoms with Crippen LogP contribution in [0.1, 0.15) is 32.3 Å². The Morgan fingerprint density at radius 1 is 1.35 bits per heavy atom. The van der Waals surface area contributed by atoms with Crippen LogP contribution in [0.4, 0.5) is 0 Å². The van der Waals surface area contributed by atoms with Gasteiger partial charge >= 0.3 is 0 Å². The maximum atomic E-state index is 5.21. The normalized spacial score (nSPS) is 21.6. The third-order valence-corrected chi connectivity index (χ3v) is 4.34. The Kier molecular flexibility index (Phi) is 5.86. The van der Waals surface area contributed by atoms with Crippen molar-refractivity contribution >= 4 is 0 Å². The summed E-state index contributed by atoms with van der Waals surface area (Å²) in [6.07, 6.45) is 2.67. The molecule has 1 aromatic carbocycles. The van der Waals surface area contributed by atoms with Gasteiger partial charge in [-0.25, -0.2) is 0 Å². The molecule has 0 spiro atoms. The molecule has 0 radical (unpaired) electrons. The SMILES string of the molecule is CCNC(C)C1CCCN(Cc2ccc(OC)cc2)C1. The standard InChI is InChI=1S/C17H28N2O/c1-4-18-14(2)16-6-5-11-19(13-16)12-15-7-9-17(20-3)10-8-15/h7-10,14,16,18H,4-6,11-13H2,1-3H3. The molecule has 1 aromatic rings. The number of methoxy groups -OCH3 is 1. The summed E-state index contributed by atoms with van der Waals surface area (Å²) in [4.78, 5) is 2.59. The molecule has 1 fully saturated rings. The molecule has 1 heterocycles. The second kappa shape index (κ2) is 7.65. The number of benzene rings is 1. The number of nitrogens with zero attached hydrogens (tertiary/aromatic N) is 1. The molecule has 2 atom stereocenters. The van der Waals surface area contributed by atoms with Gasteiger partial charge < -0.3 is 10.1 Å². The van der Waals surface area contributed by atoms with Gasteiger partial charge in [0.05, 0.1) is 7.11 Å². The number of nitrogens with one attached hydrogen (secondary N) is 1. The minimum absolute atomic E-state index is 0.624. The fraction of sp³-hybridized carbons (Fsp3) is 0.647. The number of rotatable bonds is 6. The molecule has 0 aromatic heterocycles. The zero-order valence-corrected chi connectivity index (χ0v) is 13.1. The van der Waals surface area contributed by atoms with Crippen LogP contribution in [0.15, 0.2) is 24.3 Å². The van der Waals surface area contributed by atoms with E-state index in [0.717, 1.165) is 24.8 Å². The highest BCUT2D eigenvalue weighted by atomic mass is 16.5. The van der Waals surface area contributed by atoms with Crippen molar-refractivity contribution in [3.63, 3.8) is 0 Å². The van der Waals surface area contributed by atoms with E-state index in [0.29, 0.717) is 6.04 Å². The first-order valence-corrected chi connectivity index (χ1v) is 7.81. The lowest BCUT2D eigenvalue weighted by Gasteiger charge is -2.36. The molecule has 0 amide bonds. The first kappa shape index (κ1) is 15.3. The van der Waals surface area contributed by atoms with E-state index >= 15 is 0 Å². The highest BCUT2D eigenvalue weighted by Gasteiger charge is 2.23. The predicted molar refractivity (Wildman–Crippen MR) is 84.1 cm³/mol. The quantitative estimate of drug-likeness (QED) is 0.864. The summed E-state index contributed by atoms with van der Waals surface area (Å²) in [5.41, 5.74) is 1.38. The lowest BCUT2D eigenvalue weighted by atomic mass is 9.91. The summed E-state index contributed by atoms with van der Waals surface area (Å²) < 4.78 is 5.21. The Labute approximate surface area is 123 Å². The number of hydrogen-bond acceptors (Lipinski definition) is 3. The van der Waals surface area contributed by atoms with Crippen LogP contribution in [-0.4, -0.2) is 37.7 Å². The molecule has 2 unspecified atom stereocenters. The zero-order valence-electron chi connectivity index (χ0n) is 13.1. The van der Waals surface area contributed by atoms with Crippen LogP contribution in [0.3, 0.4) is 0 Å². The van der Waals surface area contributed by atoms with Crippen LogP contribution < -0.4 is 10.1 Å². The molecule has 0 aliphatic carbocycles. The first-order valence-electron chi connectivity index (χ1n) is 7.81. The smallest absolute Gasteiger partial charge is 0.118 e. The van der Waals surface area contributed by atoms with Crippen LogP contribution in [-0.2, 0) is 6.54 Å². The molecular formula is C17H28N2O. The predicted octanol–water partition coefficient (Wildman–Crippen LogP) is 2.91. The molecule has 1 aliphatic rings. The lowest BCUT2D eigenvalue weighted by Crippen LogP contribution is -2.44. The summed E-state index contributed by atoms with van der Waals surface area (Å²) in [7, 11) is 1.71. The highest BCUT2D eigenvalue weighted by Crippen LogP contribution is 2.22. The van der Waals surface area contributed by atoms with Gasteiger partial charge in [0.2, 0.25) is 0 Å². The van der Waals surface area contributed by atoms with Gasteiger partial charge in [-0.15, -0.1) is 0 Å². The summed E-state index contributed by atoms with van der Waals surface area (Å²) in [5, 5.41) is 3.57. The van der Waals surface area contributed by atoms with Gasteiger partial charge in [-0.1, -0.05) is 19.1 Å². The van der Waals surface area contributed by atoms with Gasteiger partial charge in [0.1, 0.15) is 5.75 Å². The third kappa shape index (κ3) is 4.22. The Balaban J connectivity index is 1.88. The number of likely N-dealkylation sites (tertiary alicyclic amines) is 1. The van der Waals surface area contributed by atoms with Gasteiger partial charge in [-0.3, -0.25) is 4.90 Å². The van der Waals surface area contributed by atoms with Crippen molar-refractivity contribution in [1.82, 2.24) is 10.2 Å². The Bertz CT molecular complexity index is 390. The summed E-state index contributed by atoms with van der Waals surface area (Å²) >= 11 is 0. The molecule has 0 saturated carbocycles. The van der Waals surface area contributed by atoms with Gasteiger partial charge in [0.15, 0.2) is 0 Å². The summed E-state index contributed by atoms with van der Waals surface area (Å²) in [6.45, 7) is 9.07. The van der Waals surface area contributed by atoms with E-state index in [4.69, 9.17) is 4.74 Å². The molecule has 1 saturated heterocycles. The molecule has 1 aliphatic heterocycles. The van der Waals surface area contributed by atoms with E-state index in [1.54, 1.807) is 7.11 Å².